The minimum absolute atomic E-state index is 0.00299. The Morgan fingerprint density at radius 2 is 1.50 bits per heavy atom. The second kappa shape index (κ2) is 2.91. The van der Waals surface area contributed by atoms with Crippen molar-refractivity contribution in [1.29, 1.82) is 0 Å². The molecule has 0 aromatic heterocycles. The summed E-state index contributed by atoms with van der Waals surface area (Å²) in [6.45, 7) is 10.2. The lowest BCUT2D eigenvalue weighted by Crippen LogP contribution is -2.39. The van der Waals surface area contributed by atoms with Gasteiger partial charge < -0.3 is 5.11 Å². The average molecular weight is 144 g/mol. The van der Waals surface area contributed by atoms with E-state index in [9.17, 15) is 5.11 Å². The van der Waals surface area contributed by atoms with E-state index < -0.39 is 5.60 Å². The minimum atomic E-state index is -0.512. The molecule has 0 saturated carbocycles. The zero-order valence-corrected chi connectivity index (χ0v) is 7.86. The Kier molecular flexibility index (Phi) is 2.90. The van der Waals surface area contributed by atoms with Gasteiger partial charge in [-0.1, -0.05) is 34.1 Å². The maximum atomic E-state index is 9.85. The van der Waals surface area contributed by atoms with Crippen LogP contribution < -0.4 is 0 Å². The molecule has 1 unspecified atom stereocenters. The highest BCUT2D eigenvalue weighted by Crippen LogP contribution is 2.33. The first kappa shape index (κ1) is 9.96. The molecule has 0 aromatic carbocycles. The lowest BCUT2D eigenvalue weighted by Gasteiger charge is -2.37. The maximum absolute atomic E-state index is 9.85. The zero-order chi connectivity index (χ0) is 8.41. The Morgan fingerprint density at radius 1 is 1.10 bits per heavy atom. The lowest BCUT2D eigenvalue weighted by molar-refractivity contribution is -0.0483. The zero-order valence-electron chi connectivity index (χ0n) is 7.86. The Bertz CT molecular complexity index is 97.8. The topological polar surface area (TPSA) is 20.2 Å². The van der Waals surface area contributed by atoms with Gasteiger partial charge in [-0.3, -0.25) is 0 Å². The summed E-state index contributed by atoms with van der Waals surface area (Å²) >= 11 is 0. The highest BCUT2D eigenvalue weighted by molar-refractivity contribution is 4.85. The van der Waals surface area contributed by atoms with Crippen LogP contribution >= 0.6 is 0 Å². The van der Waals surface area contributed by atoms with Crippen LogP contribution in [0.4, 0.5) is 0 Å². The van der Waals surface area contributed by atoms with Crippen LogP contribution in [-0.2, 0) is 0 Å². The second-order valence-corrected chi connectivity index (χ2v) is 4.27. The molecule has 62 valence electrons. The van der Waals surface area contributed by atoms with E-state index in [1.165, 1.54) is 0 Å². The van der Waals surface area contributed by atoms with Gasteiger partial charge in [-0.25, -0.2) is 0 Å². The van der Waals surface area contributed by atoms with E-state index in [1.807, 2.05) is 6.92 Å². The monoisotopic (exact) mass is 144 g/mol. The molecule has 1 heteroatoms. The van der Waals surface area contributed by atoms with Crippen molar-refractivity contribution in [3.05, 3.63) is 0 Å². The van der Waals surface area contributed by atoms with E-state index in [1.54, 1.807) is 0 Å². The summed E-state index contributed by atoms with van der Waals surface area (Å²) in [5.74, 6) is 0. The molecule has 0 spiro atoms. The van der Waals surface area contributed by atoms with Crippen molar-refractivity contribution >= 4 is 0 Å². The molecule has 10 heavy (non-hydrogen) atoms. The van der Waals surface area contributed by atoms with Gasteiger partial charge in [-0.05, 0) is 18.8 Å². The van der Waals surface area contributed by atoms with E-state index in [0.717, 1.165) is 12.8 Å². The summed E-state index contributed by atoms with van der Waals surface area (Å²) in [5.41, 5.74) is -0.509. The molecule has 0 heterocycles. The average Bonchev–Trinajstić information content (AvgIpc) is 1.61. The Hall–Kier alpha value is -0.0400. The molecule has 0 aliphatic heterocycles. The predicted molar refractivity (Wildman–Crippen MR) is 45.0 cm³/mol. The second-order valence-electron chi connectivity index (χ2n) is 4.27. The minimum Gasteiger partial charge on any atom is -0.390 e. The van der Waals surface area contributed by atoms with E-state index in [4.69, 9.17) is 0 Å². The maximum Gasteiger partial charge on any atom is 0.0667 e. The van der Waals surface area contributed by atoms with Gasteiger partial charge in [-0.15, -0.1) is 0 Å². The van der Waals surface area contributed by atoms with Crippen LogP contribution in [0.5, 0.6) is 0 Å². The van der Waals surface area contributed by atoms with Gasteiger partial charge in [-0.2, -0.15) is 0 Å². The van der Waals surface area contributed by atoms with Crippen LogP contribution in [0.25, 0.3) is 0 Å². The number of hydrogen-bond donors (Lipinski definition) is 1. The van der Waals surface area contributed by atoms with Crippen LogP contribution in [0.2, 0.25) is 0 Å². The molecule has 1 nitrogen and oxygen atoms in total. The molecule has 0 aliphatic rings. The fourth-order valence-corrected chi connectivity index (χ4v) is 0.862. The van der Waals surface area contributed by atoms with Crippen molar-refractivity contribution in [1.82, 2.24) is 0 Å². The Balaban J connectivity index is 4.10. The van der Waals surface area contributed by atoms with Gasteiger partial charge in [0.15, 0.2) is 0 Å². The molecule has 0 bridgehead atoms. The standard InChI is InChI=1S/C9H20O/c1-6-7-9(5,10)8(2,3)4/h10H,6-7H2,1-5H3. The van der Waals surface area contributed by atoms with Crippen molar-refractivity contribution in [2.24, 2.45) is 5.41 Å². The van der Waals surface area contributed by atoms with Crippen LogP contribution in [0, 0.1) is 5.41 Å². The van der Waals surface area contributed by atoms with E-state index in [2.05, 4.69) is 27.7 Å². The van der Waals surface area contributed by atoms with Crippen molar-refractivity contribution in [3.63, 3.8) is 0 Å². The highest BCUT2D eigenvalue weighted by atomic mass is 16.3. The van der Waals surface area contributed by atoms with Crippen molar-refractivity contribution < 1.29 is 5.11 Å². The summed E-state index contributed by atoms with van der Waals surface area (Å²) in [6.07, 6.45) is 1.93. The van der Waals surface area contributed by atoms with E-state index in [0.29, 0.717) is 0 Å². The van der Waals surface area contributed by atoms with Crippen LogP contribution in [0.15, 0.2) is 0 Å². The van der Waals surface area contributed by atoms with Crippen molar-refractivity contribution in [2.45, 2.75) is 53.1 Å². The van der Waals surface area contributed by atoms with Gasteiger partial charge in [0.25, 0.3) is 0 Å². The summed E-state index contributed by atoms with van der Waals surface area (Å²) < 4.78 is 0. The molecule has 0 radical (unpaired) electrons. The van der Waals surface area contributed by atoms with Crippen LogP contribution in [0.3, 0.4) is 0 Å². The fourth-order valence-electron chi connectivity index (χ4n) is 0.862. The van der Waals surface area contributed by atoms with Gasteiger partial charge in [0.2, 0.25) is 0 Å². The third kappa shape index (κ3) is 2.30. The number of rotatable bonds is 2. The third-order valence-corrected chi connectivity index (χ3v) is 2.35. The number of aliphatic hydroxyl groups is 1. The summed E-state index contributed by atoms with van der Waals surface area (Å²) in [7, 11) is 0. The molecule has 0 aliphatic carbocycles. The molecular weight excluding hydrogens is 124 g/mol. The number of hydrogen-bond acceptors (Lipinski definition) is 1. The smallest absolute Gasteiger partial charge is 0.0667 e. The molecule has 1 N–H and O–H groups in total. The van der Waals surface area contributed by atoms with Gasteiger partial charge in [0.1, 0.15) is 0 Å². The molecule has 0 rings (SSSR count). The fraction of sp³-hybridized carbons (Fsp3) is 1.00. The highest BCUT2D eigenvalue weighted by Gasteiger charge is 2.33. The first-order chi connectivity index (χ1) is 4.31. The molecule has 0 aromatic rings. The van der Waals surface area contributed by atoms with E-state index in [-0.39, 0.29) is 5.41 Å². The Morgan fingerprint density at radius 3 is 1.60 bits per heavy atom. The van der Waals surface area contributed by atoms with Crippen LogP contribution in [0.1, 0.15) is 47.5 Å². The van der Waals surface area contributed by atoms with Crippen molar-refractivity contribution in [3.8, 4) is 0 Å². The SMILES string of the molecule is CCCC(C)(O)C(C)(C)C. The molecule has 0 saturated heterocycles. The van der Waals surface area contributed by atoms with Crippen LogP contribution in [-0.4, -0.2) is 10.7 Å². The predicted octanol–water partition coefficient (Wildman–Crippen LogP) is 2.58. The van der Waals surface area contributed by atoms with Gasteiger partial charge >= 0.3 is 0 Å². The first-order valence-electron chi connectivity index (χ1n) is 4.03. The normalized spacial score (nSPS) is 18.6. The largest absolute Gasteiger partial charge is 0.390 e. The summed E-state index contributed by atoms with van der Waals surface area (Å²) in [6, 6.07) is 0. The van der Waals surface area contributed by atoms with Gasteiger partial charge in [0.05, 0.1) is 5.60 Å². The first-order valence-corrected chi connectivity index (χ1v) is 4.03. The van der Waals surface area contributed by atoms with E-state index >= 15 is 0 Å². The Labute approximate surface area is 64.5 Å². The molecular formula is C9H20O. The lowest BCUT2D eigenvalue weighted by atomic mass is 9.75. The molecule has 0 amide bonds. The third-order valence-electron chi connectivity index (χ3n) is 2.35. The van der Waals surface area contributed by atoms with Gasteiger partial charge in [0, 0.05) is 0 Å². The van der Waals surface area contributed by atoms with Crippen molar-refractivity contribution in [2.75, 3.05) is 0 Å². The molecule has 0 fully saturated rings. The summed E-state index contributed by atoms with van der Waals surface area (Å²) in [4.78, 5) is 0. The quantitative estimate of drug-likeness (QED) is 0.631. The summed E-state index contributed by atoms with van der Waals surface area (Å²) in [5, 5.41) is 9.85. The molecule has 1 atom stereocenters.